The minimum Gasteiger partial charge on any atom is -0.454 e. The lowest BCUT2D eigenvalue weighted by atomic mass is 9.84. The van der Waals surface area contributed by atoms with Gasteiger partial charge >= 0.3 is 0 Å². The SMILES string of the molecule is COC1OC[C@H](Cc2ccc3c(c2)OCO3)[C@H]1Cc1ccc2c(c1)OCO2. The average Bonchev–Trinajstić information content (AvgIpc) is 3.41. The van der Waals surface area contributed by atoms with E-state index < -0.39 is 0 Å². The van der Waals surface area contributed by atoms with Crippen molar-refractivity contribution in [1.29, 1.82) is 0 Å². The van der Waals surface area contributed by atoms with Gasteiger partial charge in [-0.05, 0) is 54.2 Å². The maximum absolute atomic E-state index is 5.92. The Morgan fingerprint density at radius 1 is 0.815 bits per heavy atom. The van der Waals surface area contributed by atoms with Crippen LogP contribution in [0.15, 0.2) is 36.4 Å². The van der Waals surface area contributed by atoms with Gasteiger partial charge in [0.15, 0.2) is 29.3 Å². The molecule has 27 heavy (non-hydrogen) atoms. The number of fused-ring (bicyclic) bond motifs is 2. The van der Waals surface area contributed by atoms with Crippen LogP contribution in [-0.2, 0) is 22.3 Å². The van der Waals surface area contributed by atoms with Gasteiger partial charge in [0.25, 0.3) is 0 Å². The highest BCUT2D eigenvalue weighted by Crippen LogP contribution is 2.38. The molecule has 5 rings (SSSR count). The number of benzene rings is 2. The lowest BCUT2D eigenvalue weighted by molar-refractivity contribution is -0.110. The van der Waals surface area contributed by atoms with Crippen LogP contribution < -0.4 is 18.9 Å². The summed E-state index contributed by atoms with van der Waals surface area (Å²) >= 11 is 0. The van der Waals surface area contributed by atoms with Crippen LogP contribution in [0, 0.1) is 11.8 Å². The van der Waals surface area contributed by atoms with E-state index in [4.69, 9.17) is 28.4 Å². The number of ether oxygens (including phenoxy) is 6. The van der Waals surface area contributed by atoms with Crippen LogP contribution in [0.1, 0.15) is 11.1 Å². The number of methoxy groups -OCH3 is 1. The summed E-state index contributed by atoms with van der Waals surface area (Å²) in [5.74, 6) is 3.88. The van der Waals surface area contributed by atoms with Gasteiger partial charge in [-0.25, -0.2) is 0 Å². The van der Waals surface area contributed by atoms with Crippen LogP contribution in [0.25, 0.3) is 0 Å². The molecule has 2 aromatic carbocycles. The van der Waals surface area contributed by atoms with E-state index in [0.29, 0.717) is 26.1 Å². The Morgan fingerprint density at radius 3 is 2.04 bits per heavy atom. The molecule has 3 aliphatic rings. The second-order valence-corrected chi connectivity index (χ2v) is 7.14. The Bertz CT molecular complexity index is 835. The van der Waals surface area contributed by atoms with Crippen LogP contribution in [0.5, 0.6) is 23.0 Å². The third-order valence-corrected chi connectivity index (χ3v) is 5.51. The van der Waals surface area contributed by atoms with E-state index in [2.05, 4.69) is 24.3 Å². The van der Waals surface area contributed by atoms with Gasteiger partial charge in [-0.3, -0.25) is 0 Å². The fourth-order valence-corrected chi connectivity index (χ4v) is 4.11. The highest BCUT2D eigenvalue weighted by atomic mass is 16.7. The van der Waals surface area contributed by atoms with Crippen LogP contribution in [0.3, 0.4) is 0 Å². The highest BCUT2D eigenvalue weighted by Gasteiger charge is 2.37. The Labute approximate surface area is 157 Å². The zero-order chi connectivity index (χ0) is 18.2. The second-order valence-electron chi connectivity index (χ2n) is 7.14. The molecule has 0 saturated carbocycles. The van der Waals surface area contributed by atoms with E-state index in [0.717, 1.165) is 35.8 Å². The number of rotatable bonds is 5. The summed E-state index contributed by atoms with van der Waals surface area (Å²) in [7, 11) is 1.71. The van der Waals surface area contributed by atoms with Gasteiger partial charge in [-0.1, -0.05) is 12.1 Å². The standard InChI is InChI=1S/C21H22O6/c1-22-21-16(7-14-3-5-18-20(9-14)27-12-25-18)15(10-23-21)6-13-2-4-17-19(8-13)26-11-24-17/h2-5,8-9,15-16,21H,6-7,10-12H2,1H3/t15-,16+,21?/m0/s1. The molecule has 1 saturated heterocycles. The lowest BCUT2D eigenvalue weighted by Gasteiger charge is -2.22. The van der Waals surface area contributed by atoms with Gasteiger partial charge in [0.2, 0.25) is 13.6 Å². The topological polar surface area (TPSA) is 55.4 Å². The second kappa shape index (κ2) is 6.94. The van der Waals surface area contributed by atoms with E-state index in [1.807, 2.05) is 12.1 Å². The van der Waals surface area contributed by atoms with Gasteiger partial charge in [0.1, 0.15) is 0 Å². The first-order chi connectivity index (χ1) is 13.3. The lowest BCUT2D eigenvalue weighted by Crippen LogP contribution is -2.25. The molecule has 1 fully saturated rings. The molecule has 6 heteroatoms. The van der Waals surface area contributed by atoms with Crippen molar-refractivity contribution in [2.45, 2.75) is 19.1 Å². The Balaban J connectivity index is 1.34. The van der Waals surface area contributed by atoms with Crippen molar-refractivity contribution < 1.29 is 28.4 Å². The van der Waals surface area contributed by atoms with Crippen molar-refractivity contribution in [2.24, 2.45) is 11.8 Å². The average molecular weight is 370 g/mol. The summed E-state index contributed by atoms with van der Waals surface area (Å²) in [5.41, 5.74) is 2.42. The molecule has 0 aliphatic carbocycles. The number of hydrogen-bond donors (Lipinski definition) is 0. The molecule has 3 atom stereocenters. The van der Waals surface area contributed by atoms with Gasteiger partial charge in [-0.2, -0.15) is 0 Å². The largest absolute Gasteiger partial charge is 0.454 e. The van der Waals surface area contributed by atoms with Crippen LogP contribution in [-0.4, -0.2) is 33.6 Å². The molecular formula is C21H22O6. The normalized spacial score (nSPS) is 25.1. The monoisotopic (exact) mass is 370 g/mol. The summed E-state index contributed by atoms with van der Waals surface area (Å²) in [5, 5.41) is 0. The zero-order valence-corrected chi connectivity index (χ0v) is 15.2. The fraction of sp³-hybridized carbons (Fsp3) is 0.429. The first-order valence-electron chi connectivity index (χ1n) is 9.21. The van der Waals surface area contributed by atoms with Gasteiger partial charge in [0.05, 0.1) is 6.61 Å². The number of hydrogen-bond acceptors (Lipinski definition) is 6. The molecule has 0 bridgehead atoms. The molecule has 0 radical (unpaired) electrons. The summed E-state index contributed by atoms with van der Waals surface area (Å²) in [4.78, 5) is 0. The smallest absolute Gasteiger partial charge is 0.231 e. The first-order valence-corrected chi connectivity index (χ1v) is 9.21. The highest BCUT2D eigenvalue weighted by molar-refractivity contribution is 5.45. The summed E-state index contributed by atoms with van der Waals surface area (Å²) in [6, 6.07) is 12.3. The van der Waals surface area contributed by atoms with Crippen molar-refractivity contribution in [3.8, 4) is 23.0 Å². The Morgan fingerprint density at radius 2 is 1.41 bits per heavy atom. The van der Waals surface area contributed by atoms with Crippen LogP contribution in [0.2, 0.25) is 0 Å². The van der Waals surface area contributed by atoms with E-state index in [1.165, 1.54) is 11.1 Å². The van der Waals surface area contributed by atoms with Crippen molar-refractivity contribution in [3.63, 3.8) is 0 Å². The van der Waals surface area contributed by atoms with Crippen molar-refractivity contribution in [2.75, 3.05) is 27.3 Å². The molecule has 0 N–H and O–H groups in total. The molecule has 142 valence electrons. The minimum absolute atomic E-state index is 0.200. The Kier molecular flexibility index (Phi) is 4.30. The molecule has 2 aromatic rings. The van der Waals surface area contributed by atoms with E-state index in [-0.39, 0.29) is 12.2 Å². The van der Waals surface area contributed by atoms with Crippen LogP contribution in [0.4, 0.5) is 0 Å². The maximum Gasteiger partial charge on any atom is 0.231 e. The van der Waals surface area contributed by atoms with Gasteiger partial charge in [0, 0.05) is 13.0 Å². The molecular weight excluding hydrogens is 348 g/mol. The molecule has 0 amide bonds. The Hall–Kier alpha value is -2.44. The quantitative estimate of drug-likeness (QED) is 0.806. The van der Waals surface area contributed by atoms with Gasteiger partial charge < -0.3 is 28.4 Å². The molecule has 0 spiro atoms. The first kappa shape index (κ1) is 16.7. The van der Waals surface area contributed by atoms with Gasteiger partial charge in [-0.15, -0.1) is 0 Å². The molecule has 6 nitrogen and oxygen atoms in total. The summed E-state index contributed by atoms with van der Waals surface area (Å²) in [6.45, 7) is 1.27. The molecule has 0 aromatic heterocycles. The third-order valence-electron chi connectivity index (χ3n) is 5.51. The van der Waals surface area contributed by atoms with E-state index in [1.54, 1.807) is 7.11 Å². The van der Waals surface area contributed by atoms with E-state index >= 15 is 0 Å². The van der Waals surface area contributed by atoms with Crippen molar-refractivity contribution >= 4 is 0 Å². The van der Waals surface area contributed by atoms with Crippen LogP contribution >= 0.6 is 0 Å². The molecule has 3 aliphatic heterocycles. The maximum atomic E-state index is 5.92. The summed E-state index contributed by atoms with van der Waals surface area (Å²) < 4.78 is 33.4. The van der Waals surface area contributed by atoms with Crippen molar-refractivity contribution in [1.82, 2.24) is 0 Å². The third kappa shape index (κ3) is 3.19. The fourth-order valence-electron chi connectivity index (χ4n) is 4.11. The zero-order valence-electron chi connectivity index (χ0n) is 15.2. The predicted molar refractivity (Wildman–Crippen MR) is 96.3 cm³/mol. The van der Waals surface area contributed by atoms with Crippen molar-refractivity contribution in [3.05, 3.63) is 47.5 Å². The molecule has 3 heterocycles. The molecule has 1 unspecified atom stereocenters. The predicted octanol–water partition coefficient (Wildman–Crippen LogP) is 3.16. The van der Waals surface area contributed by atoms with E-state index in [9.17, 15) is 0 Å². The minimum atomic E-state index is -0.200. The summed E-state index contributed by atoms with van der Waals surface area (Å²) in [6.07, 6.45) is 1.57.